The maximum Gasteiger partial charge on any atom is 0.268 e. The van der Waals surface area contributed by atoms with Crippen LogP contribution in [0, 0.1) is 39.0 Å². The summed E-state index contributed by atoms with van der Waals surface area (Å²) in [5, 5.41) is -3.45. The van der Waals surface area contributed by atoms with Crippen LogP contribution in [0.1, 0.15) is 70.1 Å². The predicted molar refractivity (Wildman–Crippen MR) is 360 cm³/mol. The van der Waals surface area contributed by atoms with Gasteiger partial charge in [-0.25, -0.2) is 4.98 Å². The third kappa shape index (κ3) is 9.81. The average Bonchev–Trinajstić information content (AvgIpc) is 1.16. The molecule has 0 unspecified atom stereocenters. The number of pyridine rings is 1. The monoisotopic (exact) mass is 1360 g/mol. The van der Waals surface area contributed by atoms with E-state index in [0.717, 1.165) is 39.6 Å². The zero-order chi connectivity index (χ0) is 92.0. The minimum atomic E-state index is -6.82. The number of aryl methyl sites for hydroxylation is 3. The quantitative estimate of drug-likeness (QED) is 0.0499. The largest absolute Gasteiger partial charge is 0.510 e. The van der Waals surface area contributed by atoms with Crippen molar-refractivity contribution in [1.29, 1.82) is 0 Å². The van der Waals surface area contributed by atoms with Crippen LogP contribution in [0.4, 0.5) is 0 Å². The molecule has 0 radical (unpaired) electrons. The van der Waals surface area contributed by atoms with Crippen LogP contribution in [0.3, 0.4) is 0 Å². The molecule has 3 aromatic heterocycles. The van der Waals surface area contributed by atoms with Gasteiger partial charge in [0, 0.05) is 62.2 Å². The fourth-order valence-corrected chi connectivity index (χ4v) is 14.9. The van der Waals surface area contributed by atoms with Crippen molar-refractivity contribution < 1.29 is 83.8 Å². The van der Waals surface area contributed by atoms with Crippen molar-refractivity contribution in [3.8, 4) is 73.2 Å². The summed E-state index contributed by atoms with van der Waals surface area (Å²) in [4.78, 5) is 4.65. The maximum absolute atomic E-state index is 10.2. The fourth-order valence-electron chi connectivity index (χ4n) is 10.9. The molecule has 0 aliphatic carbocycles. The number of benzene rings is 12. The van der Waals surface area contributed by atoms with Crippen LogP contribution in [0.2, 0.25) is 0 Å². The Morgan fingerprint density at radius 3 is 1.69 bits per heavy atom. The molecule has 3 heterocycles. The van der Waals surface area contributed by atoms with Crippen molar-refractivity contribution in [3.63, 3.8) is 0 Å². The Kier molecular flexibility index (Phi) is 7.29. The molecule has 0 bridgehead atoms. The molecule has 0 N–H and O–H groups in total. The van der Waals surface area contributed by atoms with E-state index in [1.165, 1.54) is 59.2 Å². The van der Waals surface area contributed by atoms with Crippen LogP contribution in [-0.4, -0.2) is 22.2 Å². The van der Waals surface area contributed by atoms with Crippen molar-refractivity contribution >= 4 is 61.7 Å². The number of hydrogen-bond acceptors (Lipinski definition) is 2. The zero-order valence-corrected chi connectivity index (χ0v) is 48.3. The van der Waals surface area contributed by atoms with Gasteiger partial charge in [-0.05, 0) is 132 Å². The average molecular weight is 1370 g/mol. The van der Waals surface area contributed by atoms with Crippen LogP contribution >= 0.6 is 0 Å². The number of para-hydroxylation sites is 1. The van der Waals surface area contributed by atoms with Gasteiger partial charge in [-0.3, -0.25) is 4.57 Å². The first-order valence-corrected chi connectivity index (χ1v) is 28.4. The normalized spacial score (nSPS) is 18.2. The van der Waals surface area contributed by atoms with Crippen LogP contribution in [-0.2, 0) is 21.1 Å². The molecule has 0 amide bonds. The Labute approximate surface area is 583 Å². The van der Waals surface area contributed by atoms with E-state index in [2.05, 4.69) is 23.4 Å². The fraction of sp³-hybridized carbons (Fsp3) is 0.0370. The number of aromatic nitrogens is 4. The Bertz CT molecular complexity index is 6930. The zero-order valence-electron chi connectivity index (χ0n) is 84.0. The molecular formula is C81H58N4OPtSi-2. The molecule has 12 aromatic carbocycles. The number of ether oxygens (including phenoxy) is 1. The molecule has 7 heteroatoms. The van der Waals surface area contributed by atoms with Gasteiger partial charge in [0.05, 0.1) is 57.8 Å². The first-order chi connectivity index (χ1) is 58.9. The number of fused-ring (bicyclic) bond motifs is 4. The molecule has 0 aliphatic rings. The van der Waals surface area contributed by atoms with Gasteiger partial charge >= 0.3 is 0 Å². The summed E-state index contributed by atoms with van der Waals surface area (Å²) in [5.74, 6) is -0.382. The second kappa shape index (κ2) is 23.6. The summed E-state index contributed by atoms with van der Waals surface area (Å²) in [5.41, 5.74) is -7.18. The van der Waals surface area contributed by atoms with Gasteiger partial charge in [0.1, 0.15) is 5.82 Å². The van der Waals surface area contributed by atoms with Crippen molar-refractivity contribution in [2.24, 2.45) is 0 Å². The number of rotatable bonds is 13. The Balaban J connectivity index is 0.0000131. The Morgan fingerprint density at radius 1 is 0.477 bits per heavy atom. The molecule has 0 saturated carbocycles. The van der Waals surface area contributed by atoms with E-state index in [1.54, 1.807) is 30.3 Å². The van der Waals surface area contributed by atoms with Crippen LogP contribution in [0.25, 0.3) is 94.5 Å². The second-order valence-corrected chi connectivity index (χ2v) is 22.9. The van der Waals surface area contributed by atoms with Crippen molar-refractivity contribution in [2.45, 2.75) is 20.6 Å². The summed E-state index contributed by atoms with van der Waals surface area (Å²) < 4.78 is 372. The van der Waals surface area contributed by atoms with Crippen LogP contribution in [0.15, 0.2) is 297 Å². The van der Waals surface area contributed by atoms with Gasteiger partial charge in [-0.1, -0.05) is 241 Å². The van der Waals surface area contributed by atoms with Gasteiger partial charge in [0.2, 0.25) is 0 Å². The summed E-state index contributed by atoms with van der Waals surface area (Å²) >= 11 is 0. The maximum atomic E-state index is 10.2. The summed E-state index contributed by atoms with van der Waals surface area (Å²) in [6, 6.07) is -2.77. The second-order valence-electron chi connectivity index (χ2n) is 19.4. The van der Waals surface area contributed by atoms with Gasteiger partial charge in [-0.15, -0.1) is 29.7 Å². The van der Waals surface area contributed by atoms with Crippen LogP contribution < -0.4 is 30.1 Å². The van der Waals surface area contributed by atoms with E-state index in [-0.39, 0.29) is 71.7 Å². The minimum Gasteiger partial charge on any atom is -0.510 e. The van der Waals surface area contributed by atoms with Crippen molar-refractivity contribution in [3.05, 3.63) is 332 Å². The van der Waals surface area contributed by atoms with E-state index >= 15 is 0 Å². The summed E-state index contributed by atoms with van der Waals surface area (Å²) in [7, 11) is -6.82. The van der Waals surface area contributed by atoms with E-state index in [9.17, 15) is 24.7 Å². The van der Waals surface area contributed by atoms with E-state index < -0.39 is 286 Å². The smallest absolute Gasteiger partial charge is 0.268 e. The number of nitrogens with zero attached hydrogens (tertiary/aromatic N) is 4. The van der Waals surface area contributed by atoms with Crippen molar-refractivity contribution in [2.75, 3.05) is 0 Å². The van der Waals surface area contributed by atoms with Gasteiger partial charge in [0.15, 0.2) is 8.07 Å². The Morgan fingerprint density at radius 2 is 1.06 bits per heavy atom. The SMILES string of the molecule is [2H]c1c([2H])c([2H])c(-c2cc(-c3c([2H])c([2H])c([2H])c([2H])c3[2H])c(-[n+]3[c-]n(-c4[c-]c(Oc5[c-]c6c(cc5)c5ccccc5n6-c5cc(C([2H])([2H])[2H])c(-c6c([2H])c([2H])c([2H])c([2H])c6[2H])cn5)ccc4)c4cc(-c5c(C([2H])([2H])[2H])cccc5C([2H])([2H])[2H])ccc43)c([Si](c3c([2H])c([2H])c([2H])c([2H])c3[2H])(c3c([2H])c([2H])c([2H])c([2H])c3[2H])c3c([2H])c([2H])c([2H])c([2H])c3[2H])c2)c([2H])c1[2H].[Pt]. The molecular weight excluding hydrogens is 1270 g/mol. The molecule has 15 rings (SSSR count). The minimum absolute atomic E-state index is 0. The molecule has 424 valence electrons. The molecule has 0 spiro atoms. The third-order valence-corrected chi connectivity index (χ3v) is 18.8. The first-order valence-electron chi connectivity index (χ1n) is 45.9. The van der Waals surface area contributed by atoms with Crippen LogP contribution in [0.5, 0.6) is 11.5 Å². The number of hydrogen-bond donors (Lipinski definition) is 0. The summed E-state index contributed by atoms with van der Waals surface area (Å²) in [6.07, 6.45) is 4.25. The van der Waals surface area contributed by atoms with E-state index in [1.807, 2.05) is 0 Å². The standard InChI is InChI=1S/C81H58N4OSi.Pt/c1-56-26-24-27-57(2)80(56)62-44-47-75-77(50-62)83(64-34-25-35-65(52-64)86-66-45-46-71-70-42-22-23-43-74(70)85(76(71)53-66)79-48-58(3)73(54-82-79)61-32-14-6-15-33-61)55-84(75)81-72(60-30-12-5-13-31-60)49-63(59-28-10-4-11-29-59)51-78(81)87(67-36-16-7-17-37-67,68-38-18-8-19-39-68)69-40-20-9-21-41-69;/h4-51,54H,1-3H3;/q-2;/i1D3,2D3,3D3,4D,5D,6D,7D,8D,9D,10D,11D,12D,13D,14D,15D,16D,17D,18D,19D,20D,21D,28D,29D,30D,31D,32D,33D,36D,37D,38D,39D,40D,41D;. The molecule has 0 aliphatic heterocycles. The molecule has 0 saturated heterocycles. The molecule has 15 aromatic rings. The first kappa shape index (κ1) is 27.2. The third-order valence-electron chi connectivity index (χ3n) is 14.6. The van der Waals surface area contributed by atoms with Gasteiger partial charge < -0.3 is 13.9 Å². The van der Waals surface area contributed by atoms with Gasteiger partial charge in [0.25, 0.3) is 6.33 Å². The number of imidazole rings is 1. The van der Waals surface area contributed by atoms with E-state index in [0.29, 0.717) is 16.3 Å². The topological polar surface area (TPSA) is 35.9 Å². The Hall–Kier alpha value is -10.2. The molecule has 0 atom stereocenters. The predicted octanol–water partition coefficient (Wildman–Crippen LogP) is 16.6. The van der Waals surface area contributed by atoms with E-state index in [4.69, 9.17) is 33.5 Å². The molecule has 5 nitrogen and oxygen atoms in total. The molecule has 0 fully saturated rings. The molecule has 88 heavy (non-hydrogen) atoms. The van der Waals surface area contributed by atoms with Crippen molar-refractivity contribution in [1.82, 2.24) is 14.1 Å². The van der Waals surface area contributed by atoms with Gasteiger partial charge in [-0.2, -0.15) is 18.2 Å². The summed E-state index contributed by atoms with van der Waals surface area (Å²) in [6.45, 7) is -9.22.